The molecule has 3 atom stereocenters. The molecular formula is C14H15NO. The lowest BCUT2D eigenvalue weighted by atomic mass is 9.79. The van der Waals surface area contributed by atoms with Crippen molar-refractivity contribution in [1.82, 2.24) is 0 Å². The second-order valence-electron chi connectivity index (χ2n) is 4.96. The summed E-state index contributed by atoms with van der Waals surface area (Å²) < 4.78 is 0. The zero-order valence-corrected chi connectivity index (χ0v) is 9.53. The van der Waals surface area contributed by atoms with Crippen LogP contribution in [0.4, 0.5) is 0 Å². The Hall–Kier alpha value is -1.57. The van der Waals surface area contributed by atoms with Crippen LogP contribution in [0.3, 0.4) is 0 Å². The molecule has 0 saturated heterocycles. The third-order valence-electron chi connectivity index (χ3n) is 4.48. The number of allylic oxidation sites excluding steroid dienone is 2. The Balaban J connectivity index is 2.28. The number of benzene rings is 1. The molecule has 0 bridgehead atoms. The van der Waals surface area contributed by atoms with Crippen LogP contribution in [0.5, 0.6) is 0 Å². The Morgan fingerprint density at radius 3 is 2.44 bits per heavy atom. The first kappa shape index (κ1) is 9.64. The summed E-state index contributed by atoms with van der Waals surface area (Å²) in [5, 5.41) is 0. The molecule has 16 heavy (non-hydrogen) atoms. The molecule has 0 heterocycles. The van der Waals surface area contributed by atoms with Crippen LogP contribution >= 0.6 is 0 Å². The van der Waals surface area contributed by atoms with Gasteiger partial charge in [-0.2, -0.15) is 0 Å². The van der Waals surface area contributed by atoms with Crippen LogP contribution in [-0.2, 0) is 5.41 Å². The minimum atomic E-state index is -0.0650. The van der Waals surface area contributed by atoms with E-state index in [0.29, 0.717) is 11.8 Å². The molecule has 1 aromatic rings. The number of fused-ring (bicyclic) bond motifs is 2. The molecule has 1 aromatic carbocycles. The first-order valence-corrected chi connectivity index (χ1v) is 5.71. The second-order valence-corrected chi connectivity index (χ2v) is 4.96. The van der Waals surface area contributed by atoms with Gasteiger partial charge in [-0.3, -0.25) is 4.79 Å². The highest BCUT2D eigenvalue weighted by Gasteiger charge is 2.63. The molecule has 2 unspecified atom stereocenters. The molecule has 3 rings (SSSR count). The highest BCUT2D eigenvalue weighted by molar-refractivity contribution is 6.08. The average molecular weight is 213 g/mol. The molecule has 0 radical (unpaired) electrons. The number of nitrogens with two attached hydrogens (primary N) is 1. The van der Waals surface area contributed by atoms with Crippen LogP contribution in [-0.4, -0.2) is 5.78 Å². The zero-order chi connectivity index (χ0) is 11.5. The molecule has 0 aromatic heterocycles. The quantitative estimate of drug-likeness (QED) is 0.718. The fraction of sp³-hybridized carbons (Fsp3) is 0.357. The molecule has 82 valence electrons. The van der Waals surface area contributed by atoms with Gasteiger partial charge >= 0.3 is 0 Å². The Kier molecular flexibility index (Phi) is 1.66. The Morgan fingerprint density at radius 2 is 1.81 bits per heavy atom. The fourth-order valence-electron chi connectivity index (χ4n) is 3.34. The van der Waals surface area contributed by atoms with Crippen molar-refractivity contribution in [3.63, 3.8) is 0 Å². The summed E-state index contributed by atoms with van der Waals surface area (Å²) in [4.78, 5) is 11.9. The number of hydrogen-bond donors (Lipinski definition) is 1. The van der Waals surface area contributed by atoms with Gasteiger partial charge in [-0.15, -0.1) is 0 Å². The summed E-state index contributed by atoms with van der Waals surface area (Å²) in [6.45, 7) is 4.41. The summed E-state index contributed by atoms with van der Waals surface area (Å²) in [5.41, 5.74) is 8.73. The lowest BCUT2D eigenvalue weighted by Crippen LogP contribution is -2.28. The molecule has 1 fully saturated rings. The predicted molar refractivity (Wildman–Crippen MR) is 63.0 cm³/mol. The smallest absolute Gasteiger partial charge is 0.187 e. The topological polar surface area (TPSA) is 43.1 Å². The number of carbonyl (C=O) groups excluding carboxylic acids is 1. The van der Waals surface area contributed by atoms with Gasteiger partial charge in [-0.25, -0.2) is 0 Å². The van der Waals surface area contributed by atoms with E-state index in [-0.39, 0.29) is 11.2 Å². The van der Waals surface area contributed by atoms with Crippen LogP contribution in [0.1, 0.15) is 29.8 Å². The van der Waals surface area contributed by atoms with E-state index < -0.39 is 0 Å². The van der Waals surface area contributed by atoms with Crippen molar-refractivity contribution in [2.24, 2.45) is 17.6 Å². The summed E-state index contributed by atoms with van der Waals surface area (Å²) in [5.74, 6) is 1.10. The van der Waals surface area contributed by atoms with Gasteiger partial charge in [0.05, 0.1) is 0 Å². The highest BCUT2D eigenvalue weighted by Crippen LogP contribution is 2.64. The van der Waals surface area contributed by atoms with Crippen molar-refractivity contribution < 1.29 is 4.79 Å². The maximum atomic E-state index is 11.9. The van der Waals surface area contributed by atoms with E-state index in [4.69, 9.17) is 5.73 Å². The van der Waals surface area contributed by atoms with Crippen LogP contribution in [0, 0.1) is 11.8 Å². The van der Waals surface area contributed by atoms with Crippen LogP contribution in [0.2, 0.25) is 0 Å². The summed E-state index contributed by atoms with van der Waals surface area (Å²) >= 11 is 0. The van der Waals surface area contributed by atoms with E-state index in [9.17, 15) is 4.79 Å². The number of carbonyl (C=O) groups is 1. The minimum absolute atomic E-state index is 0.0463. The van der Waals surface area contributed by atoms with E-state index in [0.717, 1.165) is 16.8 Å². The fourth-order valence-corrected chi connectivity index (χ4v) is 3.34. The number of ketones is 1. The Morgan fingerprint density at radius 1 is 1.19 bits per heavy atom. The van der Waals surface area contributed by atoms with Crippen molar-refractivity contribution >= 4 is 5.78 Å². The second kappa shape index (κ2) is 2.76. The maximum Gasteiger partial charge on any atom is 0.187 e. The van der Waals surface area contributed by atoms with Crippen LogP contribution < -0.4 is 5.73 Å². The van der Waals surface area contributed by atoms with Crippen molar-refractivity contribution in [3.05, 3.63) is 47.2 Å². The molecule has 2 N–H and O–H groups in total. The van der Waals surface area contributed by atoms with Gasteiger partial charge in [0.2, 0.25) is 0 Å². The maximum absolute atomic E-state index is 11.9. The lowest BCUT2D eigenvalue weighted by Gasteiger charge is -2.25. The average Bonchev–Trinajstić information content (AvgIpc) is 2.81. The van der Waals surface area contributed by atoms with E-state index >= 15 is 0 Å². The highest BCUT2D eigenvalue weighted by atomic mass is 16.1. The lowest BCUT2D eigenvalue weighted by molar-refractivity contribution is 0.104. The van der Waals surface area contributed by atoms with Gasteiger partial charge in [0.25, 0.3) is 0 Å². The first-order chi connectivity index (χ1) is 7.60. The first-order valence-electron chi connectivity index (χ1n) is 5.71. The Bertz CT molecular complexity index is 507. The molecule has 2 aliphatic rings. The number of rotatable bonds is 0. The van der Waals surface area contributed by atoms with E-state index in [1.165, 1.54) is 0 Å². The van der Waals surface area contributed by atoms with Gasteiger partial charge in [0.15, 0.2) is 5.78 Å². The molecule has 0 amide bonds. The van der Waals surface area contributed by atoms with Crippen LogP contribution in [0.15, 0.2) is 36.0 Å². The Labute approximate surface area is 95.2 Å². The molecule has 0 aliphatic heterocycles. The normalized spacial score (nSPS) is 35.9. The van der Waals surface area contributed by atoms with Gasteiger partial charge in [-0.05, 0) is 17.4 Å². The standard InChI is InChI=1S/C14H15NO/c1-8-9(2)14(8)11-6-4-3-5-10(11)12(16)7-13(14)15/h3-9H,15H2,1-2H3/t8-,9?,14?/m1/s1. The molecule has 1 saturated carbocycles. The summed E-state index contributed by atoms with van der Waals surface area (Å²) in [6, 6.07) is 7.86. The monoisotopic (exact) mass is 213 g/mol. The van der Waals surface area contributed by atoms with Gasteiger partial charge < -0.3 is 5.73 Å². The third kappa shape index (κ3) is 0.861. The van der Waals surface area contributed by atoms with Crippen molar-refractivity contribution in [3.8, 4) is 0 Å². The molecule has 1 spiro atoms. The van der Waals surface area contributed by atoms with Gasteiger partial charge in [-0.1, -0.05) is 38.1 Å². The predicted octanol–water partition coefficient (Wildman–Crippen LogP) is 2.25. The SMILES string of the molecule is CC1[C@@H](C)C12C(N)=CC(=O)c1ccccc12. The van der Waals surface area contributed by atoms with E-state index in [1.807, 2.05) is 24.3 Å². The van der Waals surface area contributed by atoms with Crippen molar-refractivity contribution in [1.29, 1.82) is 0 Å². The summed E-state index contributed by atoms with van der Waals surface area (Å²) in [6.07, 6.45) is 1.61. The van der Waals surface area contributed by atoms with Crippen molar-refractivity contribution in [2.45, 2.75) is 19.3 Å². The minimum Gasteiger partial charge on any atom is -0.401 e. The molecule has 2 aliphatic carbocycles. The van der Waals surface area contributed by atoms with E-state index in [1.54, 1.807) is 6.08 Å². The molecule has 2 nitrogen and oxygen atoms in total. The molecular weight excluding hydrogens is 198 g/mol. The zero-order valence-electron chi connectivity index (χ0n) is 9.53. The van der Waals surface area contributed by atoms with Crippen molar-refractivity contribution in [2.75, 3.05) is 0 Å². The molecule has 2 heteroatoms. The number of hydrogen-bond acceptors (Lipinski definition) is 2. The van der Waals surface area contributed by atoms with E-state index in [2.05, 4.69) is 13.8 Å². The summed E-state index contributed by atoms with van der Waals surface area (Å²) in [7, 11) is 0. The third-order valence-corrected chi connectivity index (χ3v) is 4.48. The van der Waals surface area contributed by atoms with Crippen LogP contribution in [0.25, 0.3) is 0 Å². The van der Waals surface area contributed by atoms with Gasteiger partial charge in [0.1, 0.15) is 0 Å². The largest absolute Gasteiger partial charge is 0.401 e. The van der Waals surface area contributed by atoms with Gasteiger partial charge in [0, 0.05) is 22.8 Å².